The van der Waals surface area contributed by atoms with Crippen molar-refractivity contribution < 1.29 is 9.53 Å². The molecular formula is C13H17Cl2NO2. The van der Waals surface area contributed by atoms with Gasteiger partial charge in [-0.3, -0.25) is 5.32 Å². The highest BCUT2D eigenvalue weighted by molar-refractivity contribution is 6.42. The van der Waals surface area contributed by atoms with Gasteiger partial charge in [-0.2, -0.15) is 0 Å². The molecule has 100 valence electrons. The first-order valence-corrected chi connectivity index (χ1v) is 6.50. The Balaban J connectivity index is 3.16. The Hall–Kier alpha value is -0.770. The molecule has 1 atom stereocenters. The molecule has 0 bridgehead atoms. The molecule has 0 saturated carbocycles. The zero-order chi connectivity index (χ0) is 13.8. The summed E-state index contributed by atoms with van der Waals surface area (Å²) in [6.07, 6.45) is 0.911. The smallest absolute Gasteiger partial charge is 0.330 e. The average Bonchev–Trinajstić information content (AvgIpc) is 2.38. The van der Waals surface area contributed by atoms with Gasteiger partial charge in [0.2, 0.25) is 0 Å². The minimum Gasteiger partial charge on any atom is -0.467 e. The van der Waals surface area contributed by atoms with E-state index >= 15 is 0 Å². The minimum absolute atomic E-state index is 0.352. The standard InChI is InChI=1S/C13H17Cl2NO2/c1-4-7-16-13(2,12(17)18-3)9-5-6-10(14)11(15)8-9/h5-6,8,16H,4,7H2,1-3H3. The van der Waals surface area contributed by atoms with Crippen LogP contribution in [0.4, 0.5) is 0 Å². The van der Waals surface area contributed by atoms with E-state index in [0.717, 1.165) is 12.0 Å². The van der Waals surface area contributed by atoms with Gasteiger partial charge in [-0.15, -0.1) is 0 Å². The van der Waals surface area contributed by atoms with Crippen LogP contribution in [0.3, 0.4) is 0 Å². The fourth-order valence-electron chi connectivity index (χ4n) is 1.68. The molecule has 0 aliphatic rings. The van der Waals surface area contributed by atoms with E-state index in [0.29, 0.717) is 16.6 Å². The fraction of sp³-hybridized carbons (Fsp3) is 0.462. The molecular weight excluding hydrogens is 273 g/mol. The molecule has 18 heavy (non-hydrogen) atoms. The van der Waals surface area contributed by atoms with E-state index in [1.807, 2.05) is 6.92 Å². The summed E-state index contributed by atoms with van der Waals surface area (Å²) in [5.74, 6) is -0.352. The van der Waals surface area contributed by atoms with Crippen LogP contribution in [-0.2, 0) is 15.1 Å². The SMILES string of the molecule is CCCNC(C)(C(=O)OC)c1ccc(Cl)c(Cl)c1. The Labute approximate surface area is 117 Å². The van der Waals surface area contributed by atoms with Gasteiger partial charge in [0.05, 0.1) is 17.2 Å². The summed E-state index contributed by atoms with van der Waals surface area (Å²) in [5.41, 5.74) is -0.184. The molecule has 0 aromatic heterocycles. The molecule has 0 spiro atoms. The molecule has 1 unspecified atom stereocenters. The lowest BCUT2D eigenvalue weighted by Crippen LogP contribution is -2.47. The predicted molar refractivity (Wildman–Crippen MR) is 74.1 cm³/mol. The maximum atomic E-state index is 12.0. The molecule has 0 radical (unpaired) electrons. The van der Waals surface area contributed by atoms with Gasteiger partial charge >= 0.3 is 5.97 Å². The molecule has 5 heteroatoms. The van der Waals surface area contributed by atoms with Crippen LogP contribution < -0.4 is 5.32 Å². The van der Waals surface area contributed by atoms with Gasteiger partial charge in [-0.1, -0.05) is 36.2 Å². The van der Waals surface area contributed by atoms with E-state index < -0.39 is 5.54 Å². The van der Waals surface area contributed by atoms with Crippen molar-refractivity contribution in [2.24, 2.45) is 0 Å². The molecule has 0 aliphatic heterocycles. The van der Waals surface area contributed by atoms with Crippen molar-refractivity contribution in [2.75, 3.05) is 13.7 Å². The molecule has 3 nitrogen and oxygen atoms in total. The monoisotopic (exact) mass is 289 g/mol. The summed E-state index contributed by atoms with van der Waals surface area (Å²) in [5, 5.41) is 4.06. The number of carbonyl (C=O) groups is 1. The largest absolute Gasteiger partial charge is 0.467 e. The summed E-state index contributed by atoms with van der Waals surface area (Å²) in [6, 6.07) is 5.13. The van der Waals surface area contributed by atoms with E-state index in [9.17, 15) is 4.79 Å². The number of halogens is 2. The zero-order valence-corrected chi connectivity index (χ0v) is 12.2. The zero-order valence-electron chi connectivity index (χ0n) is 10.7. The van der Waals surface area contributed by atoms with Crippen LogP contribution in [0.1, 0.15) is 25.8 Å². The molecule has 1 aromatic rings. The molecule has 1 N–H and O–H groups in total. The average molecular weight is 290 g/mol. The molecule has 1 rings (SSSR count). The lowest BCUT2D eigenvalue weighted by Gasteiger charge is -2.28. The van der Waals surface area contributed by atoms with Crippen LogP contribution in [0.2, 0.25) is 10.0 Å². The van der Waals surface area contributed by atoms with Crippen LogP contribution in [0, 0.1) is 0 Å². The van der Waals surface area contributed by atoms with Gasteiger partial charge in [0.25, 0.3) is 0 Å². The van der Waals surface area contributed by atoms with E-state index in [4.69, 9.17) is 27.9 Å². The van der Waals surface area contributed by atoms with E-state index in [2.05, 4.69) is 5.32 Å². The van der Waals surface area contributed by atoms with Crippen molar-refractivity contribution in [3.8, 4) is 0 Å². The predicted octanol–water partition coefficient (Wildman–Crippen LogP) is 3.38. The quantitative estimate of drug-likeness (QED) is 0.845. The van der Waals surface area contributed by atoms with Crippen LogP contribution in [0.25, 0.3) is 0 Å². The van der Waals surface area contributed by atoms with Crippen molar-refractivity contribution in [1.29, 1.82) is 0 Å². The Morgan fingerprint density at radius 1 is 1.39 bits per heavy atom. The molecule has 0 saturated heterocycles. The lowest BCUT2D eigenvalue weighted by molar-refractivity contribution is -0.148. The van der Waals surface area contributed by atoms with Crippen LogP contribution >= 0.6 is 23.2 Å². The second-order valence-corrected chi connectivity index (χ2v) is 4.99. The molecule has 0 aliphatic carbocycles. The Bertz CT molecular complexity index is 437. The van der Waals surface area contributed by atoms with Crippen molar-refractivity contribution in [1.82, 2.24) is 5.32 Å². The highest BCUT2D eigenvalue weighted by atomic mass is 35.5. The topological polar surface area (TPSA) is 38.3 Å². The number of benzene rings is 1. The van der Waals surface area contributed by atoms with Crippen molar-refractivity contribution >= 4 is 29.2 Å². The van der Waals surface area contributed by atoms with Gasteiger partial charge in [0.1, 0.15) is 5.54 Å². The number of rotatable bonds is 5. The molecule has 0 fully saturated rings. The number of nitrogens with one attached hydrogen (secondary N) is 1. The highest BCUT2D eigenvalue weighted by Gasteiger charge is 2.35. The van der Waals surface area contributed by atoms with Gasteiger partial charge < -0.3 is 4.74 Å². The highest BCUT2D eigenvalue weighted by Crippen LogP contribution is 2.29. The first kappa shape index (κ1) is 15.3. The lowest BCUT2D eigenvalue weighted by atomic mass is 9.92. The Morgan fingerprint density at radius 3 is 2.56 bits per heavy atom. The summed E-state index contributed by atoms with van der Waals surface area (Å²) in [7, 11) is 1.37. The van der Waals surface area contributed by atoms with E-state index in [1.54, 1.807) is 25.1 Å². The summed E-state index contributed by atoms with van der Waals surface area (Å²) < 4.78 is 4.86. The first-order chi connectivity index (χ1) is 8.45. The first-order valence-electron chi connectivity index (χ1n) is 5.74. The van der Waals surface area contributed by atoms with Gasteiger partial charge in [-0.05, 0) is 37.6 Å². The van der Waals surface area contributed by atoms with Crippen LogP contribution in [0.15, 0.2) is 18.2 Å². The number of hydrogen-bond donors (Lipinski definition) is 1. The van der Waals surface area contributed by atoms with Gasteiger partial charge in [0.15, 0.2) is 0 Å². The third-order valence-corrected chi connectivity index (χ3v) is 3.56. The fourth-order valence-corrected chi connectivity index (χ4v) is 1.98. The number of hydrogen-bond acceptors (Lipinski definition) is 3. The Kier molecular flexibility index (Phi) is 5.45. The minimum atomic E-state index is -0.918. The van der Waals surface area contributed by atoms with E-state index in [-0.39, 0.29) is 5.97 Å². The number of carbonyl (C=O) groups excluding carboxylic acids is 1. The van der Waals surface area contributed by atoms with Crippen molar-refractivity contribution in [3.05, 3.63) is 33.8 Å². The number of ether oxygens (including phenoxy) is 1. The number of esters is 1. The van der Waals surface area contributed by atoms with Crippen molar-refractivity contribution in [2.45, 2.75) is 25.8 Å². The second-order valence-electron chi connectivity index (χ2n) is 4.17. The van der Waals surface area contributed by atoms with E-state index in [1.165, 1.54) is 7.11 Å². The normalized spacial score (nSPS) is 14.1. The maximum absolute atomic E-state index is 12.0. The molecule has 0 heterocycles. The van der Waals surface area contributed by atoms with Crippen molar-refractivity contribution in [3.63, 3.8) is 0 Å². The molecule has 0 amide bonds. The van der Waals surface area contributed by atoms with Crippen LogP contribution in [0.5, 0.6) is 0 Å². The Morgan fingerprint density at radius 2 is 2.06 bits per heavy atom. The third-order valence-electron chi connectivity index (χ3n) is 2.82. The van der Waals surface area contributed by atoms with Gasteiger partial charge in [0, 0.05) is 0 Å². The molecule has 1 aromatic carbocycles. The van der Waals surface area contributed by atoms with Crippen LogP contribution in [-0.4, -0.2) is 19.6 Å². The third kappa shape index (κ3) is 3.16. The summed E-state index contributed by atoms with van der Waals surface area (Å²) >= 11 is 11.9. The maximum Gasteiger partial charge on any atom is 0.330 e. The number of methoxy groups -OCH3 is 1. The second kappa shape index (κ2) is 6.41. The van der Waals surface area contributed by atoms with Gasteiger partial charge in [-0.25, -0.2) is 4.79 Å². The summed E-state index contributed by atoms with van der Waals surface area (Å²) in [4.78, 5) is 12.0. The summed E-state index contributed by atoms with van der Waals surface area (Å²) in [6.45, 7) is 4.50.